The van der Waals surface area contributed by atoms with Crippen molar-refractivity contribution in [3.05, 3.63) is 63.1 Å². The molecular weight excluding hydrogens is 509 g/mol. The zero-order valence-corrected chi connectivity index (χ0v) is 23.1. The summed E-state index contributed by atoms with van der Waals surface area (Å²) >= 11 is 12.3. The van der Waals surface area contributed by atoms with Gasteiger partial charge >= 0.3 is 0 Å². The lowest BCUT2D eigenvalue weighted by Crippen LogP contribution is -2.48. The van der Waals surface area contributed by atoms with E-state index in [1.807, 2.05) is 39.0 Å². The predicted octanol–water partition coefficient (Wildman–Crippen LogP) is 4.71. The Bertz CT molecular complexity index is 1150. The summed E-state index contributed by atoms with van der Waals surface area (Å²) in [5.74, 6) is -0.542. The molecule has 2 rings (SSSR count). The summed E-state index contributed by atoms with van der Waals surface area (Å²) in [6, 6.07) is 9.90. The largest absolute Gasteiger partial charge is 0.357 e. The molecule has 0 radical (unpaired) electrons. The number of carbonyl (C=O) groups is 2. The Morgan fingerprint density at radius 2 is 1.69 bits per heavy atom. The molecule has 0 unspecified atom stereocenters. The normalized spacial score (nSPS) is 12.2. The average Bonchev–Trinajstić information content (AvgIpc) is 2.75. The number of nitrogens with zero attached hydrogens (tertiary/aromatic N) is 2. The van der Waals surface area contributed by atoms with Crippen molar-refractivity contribution >= 4 is 50.7 Å². The molecule has 0 heterocycles. The quantitative estimate of drug-likeness (QED) is 0.446. The fourth-order valence-electron chi connectivity index (χ4n) is 4.02. The Morgan fingerprint density at radius 1 is 1.06 bits per heavy atom. The van der Waals surface area contributed by atoms with Gasteiger partial charge in [-0.15, -0.1) is 0 Å². The number of nitrogens with one attached hydrogen (secondary N) is 1. The van der Waals surface area contributed by atoms with Crippen LogP contribution in [0.15, 0.2) is 36.4 Å². The number of amides is 2. The van der Waals surface area contributed by atoms with E-state index < -0.39 is 16.1 Å². The van der Waals surface area contributed by atoms with Crippen LogP contribution in [-0.2, 0) is 26.2 Å². The number of carbonyl (C=O) groups excluding carboxylic acids is 2. The van der Waals surface area contributed by atoms with Crippen LogP contribution in [0.1, 0.15) is 42.9 Å². The molecule has 35 heavy (non-hydrogen) atoms. The molecule has 0 spiro atoms. The number of benzene rings is 2. The second-order valence-corrected chi connectivity index (χ2v) is 11.3. The van der Waals surface area contributed by atoms with E-state index in [-0.39, 0.29) is 37.7 Å². The third kappa shape index (κ3) is 8.12. The van der Waals surface area contributed by atoms with E-state index in [4.69, 9.17) is 23.2 Å². The maximum atomic E-state index is 13.3. The van der Waals surface area contributed by atoms with E-state index in [1.165, 1.54) is 16.3 Å². The van der Waals surface area contributed by atoms with Crippen molar-refractivity contribution in [1.29, 1.82) is 0 Å². The molecule has 7 nitrogen and oxygen atoms in total. The Hall–Kier alpha value is -2.29. The monoisotopic (exact) mass is 541 g/mol. The van der Waals surface area contributed by atoms with Crippen LogP contribution >= 0.6 is 23.2 Å². The lowest BCUT2D eigenvalue weighted by Gasteiger charge is -2.31. The molecule has 0 saturated heterocycles. The molecule has 0 saturated carbocycles. The number of hydrogen-bond donors (Lipinski definition) is 1. The van der Waals surface area contributed by atoms with Crippen molar-refractivity contribution in [2.75, 3.05) is 24.2 Å². The molecule has 2 aromatic rings. The maximum absolute atomic E-state index is 13.3. The van der Waals surface area contributed by atoms with E-state index in [0.29, 0.717) is 27.7 Å². The van der Waals surface area contributed by atoms with E-state index in [2.05, 4.69) is 5.32 Å². The first kappa shape index (κ1) is 28.9. The van der Waals surface area contributed by atoms with Gasteiger partial charge in [0.25, 0.3) is 0 Å². The summed E-state index contributed by atoms with van der Waals surface area (Å²) in [6.07, 6.45) is 1.91. The van der Waals surface area contributed by atoms with Crippen molar-refractivity contribution in [2.45, 2.75) is 52.6 Å². The Labute approximate surface area is 218 Å². The number of aryl methyl sites for hydroxylation is 2. The van der Waals surface area contributed by atoms with Crippen LogP contribution in [0.25, 0.3) is 0 Å². The summed E-state index contributed by atoms with van der Waals surface area (Å²) in [5, 5.41) is 3.49. The van der Waals surface area contributed by atoms with Gasteiger partial charge in [0.05, 0.1) is 11.9 Å². The van der Waals surface area contributed by atoms with E-state index in [0.717, 1.165) is 17.4 Å². The zero-order chi connectivity index (χ0) is 26.3. The minimum Gasteiger partial charge on any atom is -0.357 e. The molecule has 0 aromatic heterocycles. The molecule has 2 aromatic carbocycles. The summed E-state index contributed by atoms with van der Waals surface area (Å²) in [5.41, 5.74) is 3.14. The molecule has 2 amide bonds. The van der Waals surface area contributed by atoms with Gasteiger partial charge in [-0.05, 0) is 67.6 Å². The third-order valence-corrected chi connectivity index (χ3v) is 7.42. The van der Waals surface area contributed by atoms with Crippen LogP contribution in [0.2, 0.25) is 10.0 Å². The molecule has 1 atom stereocenters. The fourth-order valence-corrected chi connectivity index (χ4v) is 5.44. The minimum atomic E-state index is -3.55. The molecule has 0 aliphatic carbocycles. The smallest absolute Gasteiger partial charge is 0.242 e. The number of halogens is 2. The van der Waals surface area contributed by atoms with Gasteiger partial charge in [0.2, 0.25) is 21.8 Å². The van der Waals surface area contributed by atoms with Crippen LogP contribution in [0.3, 0.4) is 0 Å². The lowest BCUT2D eigenvalue weighted by molar-refractivity contribution is -0.141. The standard InChI is InChI=1S/C25H33Cl2N3O4S/c1-6-23(25(32)28-4)29(16-19-9-10-20(26)15-22(19)27)24(31)8-7-11-30(35(5,33)34)21-13-17(2)12-18(3)14-21/h9-10,12-15,23H,6-8,11,16H2,1-5H3,(H,28,32)/t23-/m0/s1. The highest BCUT2D eigenvalue weighted by Gasteiger charge is 2.28. The number of hydrogen-bond acceptors (Lipinski definition) is 4. The molecule has 0 fully saturated rings. The van der Waals surface area contributed by atoms with Gasteiger partial charge in [0.15, 0.2) is 0 Å². The Morgan fingerprint density at radius 3 is 2.20 bits per heavy atom. The van der Waals surface area contributed by atoms with E-state index in [9.17, 15) is 18.0 Å². The van der Waals surface area contributed by atoms with E-state index in [1.54, 1.807) is 18.2 Å². The summed E-state index contributed by atoms with van der Waals surface area (Å²) < 4.78 is 26.3. The first-order valence-corrected chi connectivity index (χ1v) is 14.0. The Balaban J connectivity index is 2.25. The van der Waals surface area contributed by atoms with Crippen LogP contribution in [0.4, 0.5) is 5.69 Å². The number of anilines is 1. The lowest BCUT2D eigenvalue weighted by atomic mass is 10.1. The van der Waals surface area contributed by atoms with Crippen molar-refractivity contribution < 1.29 is 18.0 Å². The highest BCUT2D eigenvalue weighted by molar-refractivity contribution is 7.92. The molecule has 0 bridgehead atoms. The van der Waals surface area contributed by atoms with Gasteiger partial charge in [-0.3, -0.25) is 13.9 Å². The summed E-state index contributed by atoms with van der Waals surface area (Å²) in [7, 11) is -2.03. The van der Waals surface area contributed by atoms with Gasteiger partial charge in [0.1, 0.15) is 6.04 Å². The molecule has 1 N–H and O–H groups in total. The SMILES string of the molecule is CC[C@@H](C(=O)NC)N(Cc1ccc(Cl)cc1Cl)C(=O)CCCN(c1cc(C)cc(C)c1)S(C)(=O)=O. The molecule has 0 aliphatic rings. The van der Waals surface area contributed by atoms with Gasteiger partial charge < -0.3 is 10.2 Å². The van der Waals surface area contributed by atoms with Crippen LogP contribution in [-0.4, -0.2) is 51.0 Å². The van der Waals surface area contributed by atoms with Gasteiger partial charge in [-0.25, -0.2) is 8.42 Å². The highest BCUT2D eigenvalue weighted by Crippen LogP contribution is 2.25. The number of sulfonamides is 1. The van der Waals surface area contributed by atoms with Gasteiger partial charge in [0, 0.05) is 36.6 Å². The van der Waals surface area contributed by atoms with Crippen molar-refractivity contribution in [2.24, 2.45) is 0 Å². The minimum absolute atomic E-state index is 0.0650. The average molecular weight is 543 g/mol. The van der Waals surface area contributed by atoms with E-state index >= 15 is 0 Å². The van der Waals surface area contributed by atoms with Crippen molar-refractivity contribution in [3.8, 4) is 0 Å². The Kier molecular flexibility index (Phi) is 10.4. The molecule has 192 valence electrons. The molecule has 10 heteroatoms. The van der Waals surface area contributed by atoms with Crippen LogP contribution < -0.4 is 9.62 Å². The fraction of sp³-hybridized carbons (Fsp3) is 0.440. The van der Waals surface area contributed by atoms with Gasteiger partial charge in [-0.1, -0.05) is 42.3 Å². The molecular formula is C25H33Cl2N3O4S. The second-order valence-electron chi connectivity index (χ2n) is 8.58. The van der Waals surface area contributed by atoms with Crippen LogP contribution in [0, 0.1) is 13.8 Å². The first-order chi connectivity index (χ1) is 16.4. The topological polar surface area (TPSA) is 86.8 Å². The molecule has 0 aliphatic heterocycles. The van der Waals surface area contributed by atoms with Crippen molar-refractivity contribution in [1.82, 2.24) is 10.2 Å². The maximum Gasteiger partial charge on any atom is 0.242 e. The van der Waals surface area contributed by atoms with Crippen LogP contribution in [0.5, 0.6) is 0 Å². The highest BCUT2D eigenvalue weighted by atomic mass is 35.5. The predicted molar refractivity (Wildman–Crippen MR) is 142 cm³/mol. The number of likely N-dealkylation sites (N-methyl/N-ethyl adjacent to an activating group) is 1. The third-order valence-electron chi connectivity index (χ3n) is 5.63. The summed E-state index contributed by atoms with van der Waals surface area (Å²) in [6.45, 7) is 5.91. The zero-order valence-electron chi connectivity index (χ0n) is 20.8. The number of rotatable bonds is 11. The summed E-state index contributed by atoms with van der Waals surface area (Å²) in [4.78, 5) is 27.4. The van der Waals surface area contributed by atoms with Gasteiger partial charge in [-0.2, -0.15) is 0 Å². The first-order valence-electron chi connectivity index (χ1n) is 11.4. The van der Waals surface area contributed by atoms with Crippen molar-refractivity contribution in [3.63, 3.8) is 0 Å². The second kappa shape index (κ2) is 12.6.